The third-order valence-corrected chi connectivity index (χ3v) is 3.45. The summed E-state index contributed by atoms with van der Waals surface area (Å²) in [4.78, 5) is 4.81. The minimum atomic E-state index is 0.526. The summed E-state index contributed by atoms with van der Waals surface area (Å²) in [6.07, 6.45) is 1.08. The average molecular weight is 218 g/mol. The number of hydrogen-bond acceptors (Lipinski definition) is 2. The summed E-state index contributed by atoms with van der Waals surface area (Å²) in [5.41, 5.74) is 3.91. The molecule has 0 saturated heterocycles. The molecule has 0 spiro atoms. The monoisotopic (exact) mass is 218 g/mol. The Morgan fingerprint density at radius 3 is 2.62 bits per heavy atom. The van der Waals surface area contributed by atoms with Crippen LogP contribution in [0.5, 0.6) is 0 Å². The van der Waals surface area contributed by atoms with Crippen LogP contribution in [0.1, 0.15) is 50.6 Å². The van der Waals surface area contributed by atoms with Gasteiger partial charge in [0.2, 0.25) is 0 Å². The Morgan fingerprint density at radius 2 is 2.00 bits per heavy atom. The van der Waals surface area contributed by atoms with Gasteiger partial charge >= 0.3 is 0 Å². The van der Waals surface area contributed by atoms with Gasteiger partial charge in [-0.15, -0.1) is 0 Å². The van der Waals surface area contributed by atoms with Gasteiger partial charge in [-0.1, -0.05) is 33.8 Å². The van der Waals surface area contributed by atoms with Gasteiger partial charge in [0.15, 0.2) is 0 Å². The number of nitrogens with one attached hydrogen (secondary N) is 1. The van der Waals surface area contributed by atoms with Crippen molar-refractivity contribution in [3.63, 3.8) is 0 Å². The van der Waals surface area contributed by atoms with Crippen molar-refractivity contribution >= 4 is 0 Å². The summed E-state index contributed by atoms with van der Waals surface area (Å²) in [5.74, 6) is 1.20. The van der Waals surface area contributed by atoms with Gasteiger partial charge in [0.1, 0.15) is 0 Å². The highest BCUT2D eigenvalue weighted by molar-refractivity contribution is 5.27. The fourth-order valence-corrected chi connectivity index (χ4v) is 2.20. The Kier molecular flexibility index (Phi) is 3.29. The van der Waals surface area contributed by atoms with Crippen LogP contribution < -0.4 is 5.32 Å². The van der Waals surface area contributed by atoms with E-state index in [-0.39, 0.29) is 0 Å². The van der Waals surface area contributed by atoms with Crippen molar-refractivity contribution in [2.45, 2.75) is 52.6 Å². The molecule has 0 amide bonds. The molecule has 0 aromatic carbocycles. The lowest BCUT2D eigenvalue weighted by molar-refractivity contribution is 0.372. The molecule has 1 unspecified atom stereocenters. The number of aromatic nitrogens is 1. The molecule has 16 heavy (non-hydrogen) atoms. The quantitative estimate of drug-likeness (QED) is 0.825. The molecule has 1 atom stereocenters. The van der Waals surface area contributed by atoms with E-state index in [1.54, 1.807) is 0 Å². The van der Waals surface area contributed by atoms with Crippen LogP contribution in [0, 0.1) is 5.92 Å². The van der Waals surface area contributed by atoms with Gasteiger partial charge in [-0.2, -0.15) is 0 Å². The first-order chi connectivity index (χ1) is 7.58. The van der Waals surface area contributed by atoms with Crippen LogP contribution in [-0.4, -0.2) is 11.0 Å². The highest BCUT2D eigenvalue weighted by Gasteiger charge is 2.21. The summed E-state index contributed by atoms with van der Waals surface area (Å²) in [6, 6.07) is 4.99. The van der Waals surface area contributed by atoms with E-state index < -0.39 is 0 Å². The molecular weight excluding hydrogens is 196 g/mol. The summed E-state index contributed by atoms with van der Waals surface area (Å²) < 4.78 is 0. The standard InChI is InChI=1S/C14H22N2/c1-9(2)12-6-5-11-8-15-13(10(3)4)7-14(11)16-12/h5-6,9-10,13,15H,7-8H2,1-4H3. The maximum absolute atomic E-state index is 4.81. The number of rotatable bonds is 2. The normalized spacial score (nSPS) is 20.2. The fraction of sp³-hybridized carbons (Fsp3) is 0.643. The predicted octanol–water partition coefficient (Wildman–Crippen LogP) is 2.88. The lowest BCUT2D eigenvalue weighted by Gasteiger charge is -2.28. The third-order valence-electron chi connectivity index (χ3n) is 3.45. The van der Waals surface area contributed by atoms with Crippen LogP contribution in [0.2, 0.25) is 0 Å². The molecule has 88 valence electrons. The van der Waals surface area contributed by atoms with Gasteiger partial charge in [0, 0.05) is 30.4 Å². The second-order valence-electron chi connectivity index (χ2n) is 5.43. The van der Waals surface area contributed by atoms with E-state index in [9.17, 15) is 0 Å². The molecule has 1 N–H and O–H groups in total. The minimum absolute atomic E-state index is 0.526. The van der Waals surface area contributed by atoms with Crippen molar-refractivity contribution < 1.29 is 0 Å². The smallest absolute Gasteiger partial charge is 0.0467 e. The predicted molar refractivity (Wildman–Crippen MR) is 67.5 cm³/mol. The maximum Gasteiger partial charge on any atom is 0.0467 e. The fourth-order valence-electron chi connectivity index (χ4n) is 2.20. The van der Waals surface area contributed by atoms with E-state index in [1.165, 1.54) is 17.0 Å². The zero-order chi connectivity index (χ0) is 11.7. The Morgan fingerprint density at radius 1 is 1.25 bits per heavy atom. The number of pyridine rings is 1. The zero-order valence-electron chi connectivity index (χ0n) is 10.7. The SMILES string of the molecule is CC(C)c1ccc2c(n1)CC(C(C)C)NC2. The minimum Gasteiger partial charge on any atom is -0.309 e. The molecule has 2 heteroatoms. The number of nitrogens with zero attached hydrogens (tertiary/aromatic N) is 1. The van der Waals surface area contributed by atoms with Crippen LogP contribution in [-0.2, 0) is 13.0 Å². The number of fused-ring (bicyclic) bond motifs is 1. The summed E-state index contributed by atoms with van der Waals surface area (Å²) in [7, 11) is 0. The van der Waals surface area contributed by atoms with Crippen LogP contribution in [0.3, 0.4) is 0 Å². The van der Waals surface area contributed by atoms with E-state index in [4.69, 9.17) is 4.98 Å². The first-order valence-corrected chi connectivity index (χ1v) is 6.30. The van der Waals surface area contributed by atoms with Crippen LogP contribution in [0.4, 0.5) is 0 Å². The van der Waals surface area contributed by atoms with Crippen molar-refractivity contribution in [1.29, 1.82) is 0 Å². The van der Waals surface area contributed by atoms with Crippen molar-refractivity contribution in [1.82, 2.24) is 10.3 Å². The maximum atomic E-state index is 4.81. The molecule has 0 bridgehead atoms. The molecule has 1 aliphatic heterocycles. The molecule has 2 heterocycles. The van der Waals surface area contributed by atoms with Crippen LogP contribution in [0.25, 0.3) is 0 Å². The van der Waals surface area contributed by atoms with Crippen molar-refractivity contribution in [2.24, 2.45) is 5.92 Å². The molecule has 2 nitrogen and oxygen atoms in total. The molecule has 1 aromatic heterocycles. The van der Waals surface area contributed by atoms with E-state index >= 15 is 0 Å². The van der Waals surface area contributed by atoms with Crippen LogP contribution in [0.15, 0.2) is 12.1 Å². The highest BCUT2D eigenvalue weighted by atomic mass is 14.9. The van der Waals surface area contributed by atoms with Gasteiger partial charge in [0.05, 0.1) is 0 Å². The Labute approximate surface area is 98.5 Å². The molecule has 0 saturated carbocycles. The van der Waals surface area contributed by atoms with Crippen LogP contribution >= 0.6 is 0 Å². The number of hydrogen-bond donors (Lipinski definition) is 1. The van der Waals surface area contributed by atoms with E-state index in [1.807, 2.05) is 0 Å². The van der Waals surface area contributed by atoms with Crippen molar-refractivity contribution in [3.05, 3.63) is 29.1 Å². The first kappa shape index (κ1) is 11.6. The lowest BCUT2D eigenvalue weighted by atomic mass is 9.92. The highest BCUT2D eigenvalue weighted by Crippen LogP contribution is 2.21. The second kappa shape index (κ2) is 4.54. The van der Waals surface area contributed by atoms with E-state index in [2.05, 4.69) is 45.1 Å². The molecule has 0 radical (unpaired) electrons. The Hall–Kier alpha value is -0.890. The van der Waals surface area contributed by atoms with Gasteiger partial charge in [-0.05, 0) is 23.5 Å². The summed E-state index contributed by atoms with van der Waals surface area (Å²) in [5, 5.41) is 3.58. The molecule has 1 aliphatic rings. The zero-order valence-corrected chi connectivity index (χ0v) is 10.7. The molecule has 0 aliphatic carbocycles. The third kappa shape index (κ3) is 2.27. The van der Waals surface area contributed by atoms with Gasteiger partial charge in [-0.25, -0.2) is 0 Å². The van der Waals surface area contributed by atoms with Crippen molar-refractivity contribution in [2.75, 3.05) is 0 Å². The molecule has 2 rings (SSSR count). The summed E-state index contributed by atoms with van der Waals surface area (Å²) in [6.45, 7) is 9.93. The Balaban J connectivity index is 2.25. The second-order valence-corrected chi connectivity index (χ2v) is 5.43. The Bertz CT molecular complexity index is 369. The largest absolute Gasteiger partial charge is 0.309 e. The van der Waals surface area contributed by atoms with Gasteiger partial charge in [-0.3, -0.25) is 4.98 Å². The topological polar surface area (TPSA) is 24.9 Å². The lowest BCUT2D eigenvalue weighted by Crippen LogP contribution is -2.39. The summed E-state index contributed by atoms with van der Waals surface area (Å²) >= 11 is 0. The van der Waals surface area contributed by atoms with E-state index in [0.717, 1.165) is 13.0 Å². The first-order valence-electron chi connectivity index (χ1n) is 6.30. The average Bonchev–Trinajstić information content (AvgIpc) is 2.27. The molecule has 0 fully saturated rings. The van der Waals surface area contributed by atoms with Gasteiger partial charge < -0.3 is 5.32 Å². The van der Waals surface area contributed by atoms with E-state index in [0.29, 0.717) is 17.9 Å². The van der Waals surface area contributed by atoms with Crippen molar-refractivity contribution in [3.8, 4) is 0 Å². The molecule has 1 aromatic rings. The molecular formula is C14H22N2. The van der Waals surface area contributed by atoms with Gasteiger partial charge in [0.25, 0.3) is 0 Å².